The van der Waals surface area contributed by atoms with Crippen molar-refractivity contribution in [2.75, 3.05) is 7.11 Å². The molecule has 186 valence electrons. The van der Waals surface area contributed by atoms with Crippen molar-refractivity contribution in [1.82, 2.24) is 5.32 Å². The van der Waals surface area contributed by atoms with Crippen molar-refractivity contribution >= 4 is 23.4 Å². The van der Waals surface area contributed by atoms with Crippen LogP contribution in [0.5, 0.6) is 0 Å². The third-order valence-corrected chi connectivity index (χ3v) is 6.59. The topological polar surface area (TPSA) is 125 Å². The molecule has 0 aromatic heterocycles. The third kappa shape index (κ3) is 4.64. The molecule has 2 aromatic carbocycles. The molecule has 1 heterocycles. The lowest BCUT2D eigenvalue weighted by Gasteiger charge is -2.38. The van der Waals surface area contributed by atoms with Crippen LogP contribution in [0.15, 0.2) is 77.1 Å². The number of non-ortho nitro benzene ring substituents is 1. The van der Waals surface area contributed by atoms with Crippen LogP contribution in [0.3, 0.4) is 0 Å². The molecule has 4 rings (SSSR count). The standard InChI is InChI=1S/C27H26N2O7/c1-15-12-20-24(25(30)21(15)26(31)35-3)23(18-10-7-11-19(13-18)29(33)34)22(16(2)28-20)27(32)36-14-17-8-5-4-6-9-17/h4-11,13,15,21,23,28H,12,14H2,1-3H3/t15-,21+,23-/m1/s1. The van der Waals surface area contributed by atoms with E-state index in [9.17, 15) is 24.5 Å². The predicted octanol–water partition coefficient (Wildman–Crippen LogP) is 3.95. The molecular formula is C27H26N2O7. The van der Waals surface area contributed by atoms with Crippen LogP contribution in [0.4, 0.5) is 5.69 Å². The van der Waals surface area contributed by atoms with Gasteiger partial charge < -0.3 is 14.8 Å². The first-order valence-corrected chi connectivity index (χ1v) is 11.5. The highest BCUT2D eigenvalue weighted by Crippen LogP contribution is 2.46. The minimum Gasteiger partial charge on any atom is -0.468 e. The minimum absolute atomic E-state index is 0.0137. The van der Waals surface area contributed by atoms with Gasteiger partial charge in [0.05, 0.1) is 17.6 Å². The summed E-state index contributed by atoms with van der Waals surface area (Å²) >= 11 is 0. The Morgan fingerprint density at radius 3 is 2.53 bits per heavy atom. The Balaban J connectivity index is 1.80. The number of dihydropyridines is 1. The summed E-state index contributed by atoms with van der Waals surface area (Å²) in [5.41, 5.74) is 2.45. The lowest BCUT2D eigenvalue weighted by molar-refractivity contribution is -0.384. The second-order valence-electron chi connectivity index (χ2n) is 8.95. The molecule has 36 heavy (non-hydrogen) atoms. The summed E-state index contributed by atoms with van der Waals surface area (Å²) in [5, 5.41) is 14.7. The fraction of sp³-hybridized carbons (Fsp3) is 0.296. The van der Waals surface area contributed by atoms with Crippen molar-refractivity contribution in [3.05, 3.63) is 98.4 Å². The SMILES string of the molecule is COC(=O)[C@@H]1C(=O)C2=C(C[C@H]1C)NC(C)=C(C(=O)OCc1ccccc1)[C@H]2c1cccc([N+](=O)[O-])c1. The quantitative estimate of drug-likeness (QED) is 0.279. The molecule has 0 unspecified atom stereocenters. The van der Waals surface area contributed by atoms with Gasteiger partial charge in [0.15, 0.2) is 5.78 Å². The van der Waals surface area contributed by atoms with Crippen LogP contribution < -0.4 is 5.32 Å². The van der Waals surface area contributed by atoms with Crippen LogP contribution in [0.1, 0.15) is 37.3 Å². The number of ether oxygens (including phenoxy) is 2. The molecule has 0 saturated carbocycles. The van der Waals surface area contributed by atoms with Crippen molar-refractivity contribution in [2.45, 2.75) is 32.8 Å². The zero-order chi connectivity index (χ0) is 26.0. The molecule has 9 nitrogen and oxygen atoms in total. The normalized spacial score (nSPS) is 21.4. The van der Waals surface area contributed by atoms with E-state index < -0.39 is 34.5 Å². The molecule has 0 saturated heterocycles. The van der Waals surface area contributed by atoms with E-state index in [1.54, 1.807) is 19.9 Å². The highest BCUT2D eigenvalue weighted by Gasteiger charge is 2.47. The fourth-order valence-corrected chi connectivity index (χ4v) is 4.90. The Hall–Kier alpha value is -4.27. The van der Waals surface area contributed by atoms with E-state index in [-0.39, 0.29) is 29.4 Å². The molecule has 2 aliphatic rings. The number of hydrogen-bond donors (Lipinski definition) is 1. The number of carbonyl (C=O) groups excluding carboxylic acids is 3. The number of carbonyl (C=O) groups is 3. The average molecular weight is 491 g/mol. The van der Waals surface area contributed by atoms with Crippen LogP contribution in [0.25, 0.3) is 0 Å². The van der Waals surface area contributed by atoms with Gasteiger partial charge in [0.25, 0.3) is 5.69 Å². The zero-order valence-electron chi connectivity index (χ0n) is 20.1. The Kier molecular flexibility index (Phi) is 7.00. The predicted molar refractivity (Wildman–Crippen MR) is 129 cm³/mol. The maximum absolute atomic E-state index is 13.7. The first kappa shape index (κ1) is 24.8. The summed E-state index contributed by atoms with van der Waals surface area (Å²) in [6, 6.07) is 15.0. The van der Waals surface area contributed by atoms with Gasteiger partial charge in [-0.15, -0.1) is 0 Å². The van der Waals surface area contributed by atoms with Crippen LogP contribution >= 0.6 is 0 Å². The van der Waals surface area contributed by atoms with Crippen molar-refractivity contribution in [3.63, 3.8) is 0 Å². The maximum atomic E-state index is 13.7. The molecule has 0 radical (unpaired) electrons. The molecule has 1 aliphatic carbocycles. The van der Waals surface area contributed by atoms with E-state index in [1.807, 2.05) is 30.3 Å². The van der Waals surface area contributed by atoms with Crippen LogP contribution in [-0.2, 0) is 30.5 Å². The molecule has 0 bridgehead atoms. The van der Waals surface area contributed by atoms with Crippen LogP contribution in [0.2, 0.25) is 0 Å². The monoisotopic (exact) mass is 490 g/mol. The van der Waals surface area contributed by atoms with Gasteiger partial charge >= 0.3 is 11.9 Å². The molecular weight excluding hydrogens is 464 g/mol. The van der Waals surface area contributed by atoms with E-state index in [0.717, 1.165) is 5.56 Å². The van der Waals surface area contributed by atoms with Crippen LogP contribution in [-0.4, -0.2) is 29.8 Å². The number of nitro benzene ring substituents is 1. The molecule has 9 heteroatoms. The largest absolute Gasteiger partial charge is 0.468 e. The van der Waals surface area contributed by atoms with Crippen LogP contribution in [0, 0.1) is 22.0 Å². The Labute approximate surface area is 207 Å². The Morgan fingerprint density at radius 1 is 1.14 bits per heavy atom. The van der Waals surface area contributed by atoms with Gasteiger partial charge in [-0.2, -0.15) is 0 Å². The molecule has 1 aliphatic heterocycles. The van der Waals surface area contributed by atoms with E-state index >= 15 is 0 Å². The molecule has 0 spiro atoms. The van der Waals surface area contributed by atoms with Gasteiger partial charge in [0.1, 0.15) is 12.5 Å². The number of Topliss-reactive ketones (excluding diaryl/α,β-unsaturated/α-hetero) is 1. The number of ketones is 1. The smallest absolute Gasteiger partial charge is 0.337 e. The number of methoxy groups -OCH3 is 1. The van der Waals surface area contributed by atoms with Crippen molar-refractivity contribution in [2.24, 2.45) is 11.8 Å². The summed E-state index contributed by atoms with van der Waals surface area (Å²) in [6.45, 7) is 3.50. The average Bonchev–Trinajstić information content (AvgIpc) is 2.86. The van der Waals surface area contributed by atoms with Gasteiger partial charge in [-0.1, -0.05) is 49.4 Å². The Morgan fingerprint density at radius 2 is 1.86 bits per heavy atom. The summed E-state index contributed by atoms with van der Waals surface area (Å²) in [7, 11) is 1.22. The van der Waals surface area contributed by atoms with Gasteiger partial charge in [-0.3, -0.25) is 19.7 Å². The van der Waals surface area contributed by atoms with E-state index in [1.165, 1.54) is 25.3 Å². The molecule has 2 aromatic rings. The first-order chi connectivity index (χ1) is 17.2. The number of hydrogen-bond acceptors (Lipinski definition) is 8. The van der Waals surface area contributed by atoms with Crippen molar-refractivity contribution in [1.29, 1.82) is 0 Å². The fourth-order valence-electron chi connectivity index (χ4n) is 4.90. The summed E-state index contributed by atoms with van der Waals surface area (Å²) < 4.78 is 10.5. The molecule has 1 N–H and O–H groups in total. The zero-order valence-corrected chi connectivity index (χ0v) is 20.1. The summed E-state index contributed by atoms with van der Waals surface area (Å²) in [4.78, 5) is 50.6. The first-order valence-electron chi connectivity index (χ1n) is 11.5. The van der Waals surface area contributed by atoms with Gasteiger partial charge in [0, 0.05) is 35.0 Å². The second kappa shape index (κ2) is 10.2. The number of benzene rings is 2. The molecule has 3 atom stereocenters. The molecule has 0 fully saturated rings. The third-order valence-electron chi connectivity index (χ3n) is 6.59. The lowest BCUT2D eigenvalue weighted by atomic mass is 9.69. The van der Waals surface area contributed by atoms with E-state index in [2.05, 4.69) is 5.32 Å². The number of nitrogens with one attached hydrogen (secondary N) is 1. The second-order valence-corrected chi connectivity index (χ2v) is 8.95. The summed E-state index contributed by atoms with van der Waals surface area (Å²) in [5.74, 6) is -4.11. The van der Waals surface area contributed by atoms with Gasteiger partial charge in [-0.05, 0) is 30.4 Å². The number of nitrogens with zero attached hydrogens (tertiary/aromatic N) is 1. The van der Waals surface area contributed by atoms with E-state index in [0.29, 0.717) is 23.4 Å². The number of nitro groups is 1. The maximum Gasteiger partial charge on any atom is 0.337 e. The van der Waals surface area contributed by atoms with Gasteiger partial charge in [-0.25, -0.2) is 4.79 Å². The number of rotatable bonds is 6. The van der Waals surface area contributed by atoms with Crippen molar-refractivity contribution in [3.8, 4) is 0 Å². The lowest BCUT2D eigenvalue weighted by Crippen LogP contribution is -2.43. The molecule has 0 amide bonds. The van der Waals surface area contributed by atoms with Crippen molar-refractivity contribution < 1.29 is 28.8 Å². The summed E-state index contributed by atoms with van der Waals surface area (Å²) in [6.07, 6.45) is 0.371. The minimum atomic E-state index is -1.04. The number of esters is 2. The Bertz CT molecular complexity index is 1300. The van der Waals surface area contributed by atoms with E-state index in [4.69, 9.17) is 9.47 Å². The van der Waals surface area contributed by atoms with Gasteiger partial charge in [0.2, 0.25) is 0 Å². The number of allylic oxidation sites excluding steroid dienone is 3. The highest BCUT2D eigenvalue weighted by atomic mass is 16.6. The highest BCUT2D eigenvalue weighted by molar-refractivity contribution is 6.12.